The maximum Gasteiger partial charge on any atom is 0.137 e. The van der Waals surface area contributed by atoms with E-state index in [-0.39, 0.29) is 0 Å². The van der Waals surface area contributed by atoms with Gasteiger partial charge in [0, 0.05) is 11.1 Å². The molecule has 0 saturated carbocycles. The maximum absolute atomic E-state index is 8.94. The molecule has 4 heteroatoms. The number of aromatic nitrogens is 2. The van der Waals surface area contributed by atoms with Crippen molar-refractivity contribution in [2.45, 2.75) is 0 Å². The van der Waals surface area contributed by atoms with Crippen molar-refractivity contribution in [1.29, 1.82) is 10.5 Å². The normalized spacial score (nSPS) is 9.81. The summed E-state index contributed by atoms with van der Waals surface area (Å²) < 4.78 is 0. The molecule has 0 fully saturated rings. The smallest absolute Gasteiger partial charge is 0.137 e. The van der Waals surface area contributed by atoms with Crippen molar-refractivity contribution in [3.05, 3.63) is 65.9 Å². The van der Waals surface area contributed by atoms with Crippen LogP contribution in [-0.2, 0) is 0 Å². The number of nitrogens with zero attached hydrogens (tertiary/aromatic N) is 3. The minimum atomic E-state index is 0.594. The van der Waals surface area contributed by atoms with E-state index in [0.717, 1.165) is 16.8 Å². The minimum absolute atomic E-state index is 0.594. The molecule has 0 aliphatic rings. The van der Waals surface area contributed by atoms with Gasteiger partial charge in [0.2, 0.25) is 0 Å². The average molecular weight is 270 g/mol. The van der Waals surface area contributed by atoms with Gasteiger partial charge in [0.15, 0.2) is 0 Å². The number of hydrogen-bond acceptors (Lipinski definition) is 3. The van der Waals surface area contributed by atoms with Gasteiger partial charge in [-0.15, -0.1) is 0 Å². The van der Waals surface area contributed by atoms with E-state index in [1.54, 1.807) is 24.4 Å². The largest absolute Gasteiger partial charge is 0.338 e. The molecular formula is C17H10N4. The Morgan fingerprint density at radius 1 is 0.857 bits per heavy atom. The molecule has 1 aromatic heterocycles. The van der Waals surface area contributed by atoms with E-state index in [0.29, 0.717) is 17.0 Å². The summed E-state index contributed by atoms with van der Waals surface area (Å²) in [5.41, 5.74) is 3.80. The number of rotatable bonds is 2. The average Bonchev–Trinajstić information content (AvgIpc) is 3.05. The SMILES string of the molecule is N#Cc1cccc(-c2cnc(-c3cccc(C#N)c3)[nH]2)c1. The van der Waals surface area contributed by atoms with Crippen LogP contribution in [0.15, 0.2) is 54.7 Å². The van der Waals surface area contributed by atoms with Gasteiger partial charge in [-0.25, -0.2) is 4.98 Å². The summed E-state index contributed by atoms with van der Waals surface area (Å²) in [5.74, 6) is 0.699. The van der Waals surface area contributed by atoms with E-state index in [4.69, 9.17) is 10.5 Å². The number of nitrogens with one attached hydrogen (secondary N) is 1. The minimum Gasteiger partial charge on any atom is -0.338 e. The standard InChI is InChI=1S/C17H10N4/c18-9-12-3-1-5-14(7-12)16-11-20-17(21-16)15-6-2-4-13(8-15)10-19/h1-8,11H,(H,20,21). The molecule has 0 atom stereocenters. The second-order valence-electron chi connectivity index (χ2n) is 4.53. The predicted molar refractivity (Wildman–Crippen MR) is 78.9 cm³/mol. The molecule has 21 heavy (non-hydrogen) atoms. The molecule has 3 rings (SSSR count). The molecule has 0 aliphatic carbocycles. The van der Waals surface area contributed by atoms with Gasteiger partial charge in [0.1, 0.15) is 5.82 Å². The van der Waals surface area contributed by atoms with Crippen molar-refractivity contribution in [1.82, 2.24) is 9.97 Å². The summed E-state index contributed by atoms with van der Waals surface area (Å²) in [4.78, 5) is 7.56. The molecule has 0 unspecified atom stereocenters. The lowest BCUT2D eigenvalue weighted by Gasteiger charge is -1.99. The van der Waals surface area contributed by atoms with Gasteiger partial charge in [0.25, 0.3) is 0 Å². The zero-order valence-electron chi connectivity index (χ0n) is 11.0. The van der Waals surface area contributed by atoms with Crippen LogP contribution in [0.2, 0.25) is 0 Å². The van der Waals surface area contributed by atoms with Crippen molar-refractivity contribution in [2.24, 2.45) is 0 Å². The van der Waals surface area contributed by atoms with E-state index < -0.39 is 0 Å². The molecule has 4 nitrogen and oxygen atoms in total. The van der Waals surface area contributed by atoms with Gasteiger partial charge >= 0.3 is 0 Å². The van der Waals surface area contributed by atoms with E-state index >= 15 is 0 Å². The lowest BCUT2D eigenvalue weighted by atomic mass is 10.1. The zero-order chi connectivity index (χ0) is 14.7. The Bertz CT molecular complexity index is 806. The first-order chi connectivity index (χ1) is 10.3. The zero-order valence-corrected chi connectivity index (χ0v) is 11.0. The highest BCUT2D eigenvalue weighted by Crippen LogP contribution is 2.23. The summed E-state index contributed by atoms with van der Waals surface area (Å²) in [6, 6.07) is 18.8. The van der Waals surface area contributed by atoms with Crippen LogP contribution < -0.4 is 0 Å². The molecule has 98 valence electrons. The van der Waals surface area contributed by atoms with Crippen molar-refractivity contribution in [3.8, 4) is 34.8 Å². The topological polar surface area (TPSA) is 76.3 Å². The fourth-order valence-electron chi connectivity index (χ4n) is 2.11. The first-order valence-corrected chi connectivity index (χ1v) is 6.36. The number of nitriles is 2. The van der Waals surface area contributed by atoms with Crippen LogP contribution in [0.1, 0.15) is 11.1 Å². The third-order valence-corrected chi connectivity index (χ3v) is 3.14. The van der Waals surface area contributed by atoms with E-state index in [1.165, 1.54) is 0 Å². The Labute approximate surface area is 121 Å². The molecule has 0 aliphatic heterocycles. The second-order valence-corrected chi connectivity index (χ2v) is 4.53. The predicted octanol–water partition coefficient (Wildman–Crippen LogP) is 3.49. The fourth-order valence-corrected chi connectivity index (χ4v) is 2.11. The van der Waals surface area contributed by atoms with Gasteiger partial charge in [0.05, 0.1) is 35.2 Å². The van der Waals surface area contributed by atoms with Crippen LogP contribution in [-0.4, -0.2) is 9.97 Å². The quantitative estimate of drug-likeness (QED) is 0.774. The maximum atomic E-state index is 8.94. The third kappa shape index (κ3) is 2.51. The Balaban J connectivity index is 2.00. The molecule has 0 bridgehead atoms. The number of H-pyrrole nitrogens is 1. The van der Waals surface area contributed by atoms with Gasteiger partial charge < -0.3 is 4.98 Å². The van der Waals surface area contributed by atoms with Crippen molar-refractivity contribution in [2.75, 3.05) is 0 Å². The molecule has 0 amide bonds. The Hall–Kier alpha value is -3.37. The highest BCUT2D eigenvalue weighted by molar-refractivity contribution is 5.66. The Morgan fingerprint density at radius 2 is 1.48 bits per heavy atom. The number of imidazole rings is 1. The van der Waals surface area contributed by atoms with Gasteiger partial charge in [-0.3, -0.25) is 0 Å². The van der Waals surface area contributed by atoms with Gasteiger partial charge in [-0.05, 0) is 24.3 Å². The lowest BCUT2D eigenvalue weighted by molar-refractivity contribution is 1.31. The highest BCUT2D eigenvalue weighted by Gasteiger charge is 2.06. The van der Waals surface area contributed by atoms with Crippen LogP contribution in [0.4, 0.5) is 0 Å². The van der Waals surface area contributed by atoms with Crippen LogP contribution in [0.5, 0.6) is 0 Å². The number of aromatic amines is 1. The van der Waals surface area contributed by atoms with Crippen LogP contribution >= 0.6 is 0 Å². The van der Waals surface area contributed by atoms with Crippen molar-refractivity contribution < 1.29 is 0 Å². The monoisotopic (exact) mass is 270 g/mol. The number of benzene rings is 2. The van der Waals surface area contributed by atoms with Crippen LogP contribution in [0.25, 0.3) is 22.6 Å². The molecule has 0 radical (unpaired) electrons. The first kappa shape index (κ1) is 12.7. The molecule has 1 heterocycles. The van der Waals surface area contributed by atoms with Gasteiger partial charge in [-0.2, -0.15) is 10.5 Å². The number of hydrogen-bond donors (Lipinski definition) is 1. The molecular weight excluding hydrogens is 260 g/mol. The highest BCUT2D eigenvalue weighted by atomic mass is 14.9. The molecule has 3 aromatic rings. The van der Waals surface area contributed by atoms with Crippen LogP contribution in [0.3, 0.4) is 0 Å². The first-order valence-electron chi connectivity index (χ1n) is 6.36. The second kappa shape index (κ2) is 5.32. The lowest BCUT2D eigenvalue weighted by Crippen LogP contribution is -1.83. The van der Waals surface area contributed by atoms with Gasteiger partial charge in [-0.1, -0.05) is 24.3 Å². The summed E-state index contributed by atoms with van der Waals surface area (Å²) in [5, 5.41) is 17.9. The van der Waals surface area contributed by atoms with E-state index in [2.05, 4.69) is 22.1 Å². The fraction of sp³-hybridized carbons (Fsp3) is 0. The van der Waals surface area contributed by atoms with Crippen LogP contribution in [0, 0.1) is 22.7 Å². The molecule has 0 saturated heterocycles. The van der Waals surface area contributed by atoms with Crippen molar-refractivity contribution >= 4 is 0 Å². The Morgan fingerprint density at radius 3 is 2.14 bits per heavy atom. The van der Waals surface area contributed by atoms with Crippen molar-refractivity contribution in [3.63, 3.8) is 0 Å². The molecule has 2 aromatic carbocycles. The summed E-state index contributed by atoms with van der Waals surface area (Å²) in [6.07, 6.45) is 1.73. The molecule has 1 N–H and O–H groups in total. The summed E-state index contributed by atoms with van der Waals surface area (Å²) >= 11 is 0. The van der Waals surface area contributed by atoms with E-state index in [1.807, 2.05) is 30.3 Å². The Kier molecular flexibility index (Phi) is 3.21. The van der Waals surface area contributed by atoms with E-state index in [9.17, 15) is 0 Å². The summed E-state index contributed by atoms with van der Waals surface area (Å²) in [6.45, 7) is 0. The molecule has 0 spiro atoms. The summed E-state index contributed by atoms with van der Waals surface area (Å²) in [7, 11) is 0. The third-order valence-electron chi connectivity index (χ3n) is 3.14.